The highest BCUT2D eigenvalue weighted by Gasteiger charge is 2.06. The second kappa shape index (κ2) is 3.93. The molecular weight excluding hydrogens is 160 g/mol. The summed E-state index contributed by atoms with van der Waals surface area (Å²) in [5.41, 5.74) is 5.17. The van der Waals surface area contributed by atoms with Gasteiger partial charge in [0, 0.05) is 0 Å². The molecule has 0 saturated carbocycles. The van der Waals surface area contributed by atoms with Crippen LogP contribution in [0.4, 0.5) is 0 Å². The van der Waals surface area contributed by atoms with Gasteiger partial charge < -0.3 is 5.11 Å². The Labute approximate surface area is 80.4 Å². The lowest BCUT2D eigenvalue weighted by atomic mass is 9.96. The molecule has 0 amide bonds. The minimum absolute atomic E-state index is 0.250. The van der Waals surface area contributed by atoms with Gasteiger partial charge in [-0.25, -0.2) is 0 Å². The maximum Gasteiger partial charge on any atom is 0.0552 e. The third-order valence-corrected chi connectivity index (χ3v) is 2.34. The summed E-state index contributed by atoms with van der Waals surface area (Å²) in [7, 11) is 0. The van der Waals surface area contributed by atoms with Gasteiger partial charge in [-0.15, -0.1) is 0 Å². The van der Waals surface area contributed by atoms with Crippen molar-refractivity contribution in [2.45, 2.75) is 40.2 Å². The summed E-state index contributed by atoms with van der Waals surface area (Å²) in [6.07, 6.45) is 0.512. The molecule has 1 aromatic carbocycles. The summed E-state index contributed by atoms with van der Waals surface area (Å²) in [6, 6.07) is 4.34. The number of rotatable bonds is 2. The van der Waals surface area contributed by atoms with Crippen molar-refractivity contribution in [1.82, 2.24) is 0 Å². The third-order valence-electron chi connectivity index (χ3n) is 2.34. The third kappa shape index (κ3) is 2.56. The average Bonchev–Trinajstić information content (AvgIpc) is 1.96. The zero-order valence-electron chi connectivity index (χ0n) is 8.89. The molecular formula is C12H18O. The van der Waals surface area contributed by atoms with E-state index in [0.29, 0.717) is 0 Å². The SMILES string of the molecule is Cc1cc(C)c(C[C@H](C)O)c(C)c1. The Morgan fingerprint density at radius 2 is 1.62 bits per heavy atom. The Bertz CT molecular complexity index is 277. The van der Waals surface area contributed by atoms with Crippen LogP contribution in [0, 0.1) is 20.8 Å². The van der Waals surface area contributed by atoms with Gasteiger partial charge >= 0.3 is 0 Å². The van der Waals surface area contributed by atoms with Crippen molar-refractivity contribution in [1.29, 1.82) is 0 Å². The van der Waals surface area contributed by atoms with Crippen LogP contribution in [0.5, 0.6) is 0 Å². The van der Waals surface area contributed by atoms with Crippen LogP contribution in [0.2, 0.25) is 0 Å². The molecule has 0 spiro atoms. The van der Waals surface area contributed by atoms with Crippen molar-refractivity contribution in [2.24, 2.45) is 0 Å². The molecule has 1 heteroatoms. The Balaban J connectivity index is 3.06. The highest BCUT2D eigenvalue weighted by atomic mass is 16.3. The minimum atomic E-state index is -0.250. The number of hydrogen-bond donors (Lipinski definition) is 1. The molecule has 1 atom stereocenters. The molecule has 1 rings (SSSR count). The predicted octanol–water partition coefficient (Wildman–Crippen LogP) is 2.54. The van der Waals surface area contributed by atoms with Gasteiger partial charge in [0.05, 0.1) is 6.10 Å². The number of hydrogen-bond acceptors (Lipinski definition) is 1. The number of aliphatic hydroxyl groups is 1. The zero-order valence-corrected chi connectivity index (χ0v) is 8.89. The molecule has 0 bridgehead atoms. The molecule has 72 valence electrons. The van der Waals surface area contributed by atoms with E-state index in [-0.39, 0.29) is 6.10 Å². The first kappa shape index (κ1) is 10.3. The van der Waals surface area contributed by atoms with Crippen molar-refractivity contribution in [3.8, 4) is 0 Å². The molecule has 1 nitrogen and oxygen atoms in total. The van der Waals surface area contributed by atoms with Crippen molar-refractivity contribution in [2.75, 3.05) is 0 Å². The molecule has 0 radical (unpaired) electrons. The predicted molar refractivity (Wildman–Crippen MR) is 56.0 cm³/mol. The smallest absolute Gasteiger partial charge is 0.0552 e. The highest BCUT2D eigenvalue weighted by molar-refractivity contribution is 5.37. The molecule has 1 N–H and O–H groups in total. The van der Waals surface area contributed by atoms with Crippen LogP contribution in [-0.4, -0.2) is 11.2 Å². The summed E-state index contributed by atoms with van der Waals surface area (Å²) < 4.78 is 0. The lowest BCUT2D eigenvalue weighted by molar-refractivity contribution is 0.195. The van der Waals surface area contributed by atoms with Crippen molar-refractivity contribution < 1.29 is 5.11 Å². The first-order valence-electron chi connectivity index (χ1n) is 4.75. The fourth-order valence-electron chi connectivity index (χ4n) is 1.83. The Kier molecular flexibility index (Phi) is 3.10. The van der Waals surface area contributed by atoms with Crippen LogP contribution in [0.15, 0.2) is 12.1 Å². The second-order valence-corrected chi connectivity index (χ2v) is 3.93. The summed E-state index contributed by atoms with van der Waals surface area (Å²) in [5.74, 6) is 0. The van der Waals surface area contributed by atoms with Crippen molar-refractivity contribution >= 4 is 0 Å². The van der Waals surface area contributed by atoms with Gasteiger partial charge in [0.15, 0.2) is 0 Å². The van der Waals surface area contributed by atoms with Crippen LogP contribution < -0.4 is 0 Å². The minimum Gasteiger partial charge on any atom is -0.393 e. The Hall–Kier alpha value is -0.820. The lowest BCUT2D eigenvalue weighted by Crippen LogP contribution is -2.07. The summed E-state index contributed by atoms with van der Waals surface area (Å²) in [6.45, 7) is 8.15. The van der Waals surface area contributed by atoms with Gasteiger partial charge in [-0.05, 0) is 50.8 Å². The fraction of sp³-hybridized carbons (Fsp3) is 0.500. The summed E-state index contributed by atoms with van der Waals surface area (Å²) >= 11 is 0. The summed E-state index contributed by atoms with van der Waals surface area (Å²) in [4.78, 5) is 0. The summed E-state index contributed by atoms with van der Waals surface area (Å²) in [5, 5.41) is 9.32. The molecule has 1 aromatic rings. The largest absolute Gasteiger partial charge is 0.393 e. The topological polar surface area (TPSA) is 20.2 Å². The van der Waals surface area contributed by atoms with E-state index in [4.69, 9.17) is 0 Å². The highest BCUT2D eigenvalue weighted by Crippen LogP contribution is 2.17. The maximum absolute atomic E-state index is 9.32. The van der Waals surface area contributed by atoms with E-state index in [1.54, 1.807) is 0 Å². The molecule has 0 heterocycles. The van der Waals surface area contributed by atoms with Gasteiger partial charge in [0.1, 0.15) is 0 Å². The normalized spacial score (nSPS) is 13.0. The number of aliphatic hydroxyl groups excluding tert-OH is 1. The van der Waals surface area contributed by atoms with Crippen LogP contribution in [0.1, 0.15) is 29.2 Å². The van der Waals surface area contributed by atoms with Gasteiger partial charge in [-0.3, -0.25) is 0 Å². The molecule has 0 unspecified atom stereocenters. The van der Waals surface area contributed by atoms with Gasteiger partial charge in [0.25, 0.3) is 0 Å². The van der Waals surface area contributed by atoms with Crippen LogP contribution in [-0.2, 0) is 6.42 Å². The molecule has 0 aliphatic carbocycles. The molecule has 0 saturated heterocycles. The van der Waals surface area contributed by atoms with Crippen LogP contribution in [0.25, 0.3) is 0 Å². The second-order valence-electron chi connectivity index (χ2n) is 3.93. The van der Waals surface area contributed by atoms with E-state index < -0.39 is 0 Å². The van der Waals surface area contributed by atoms with Gasteiger partial charge in [0.2, 0.25) is 0 Å². The molecule has 0 aromatic heterocycles. The Morgan fingerprint density at radius 1 is 1.15 bits per heavy atom. The zero-order chi connectivity index (χ0) is 10.0. The van der Waals surface area contributed by atoms with E-state index >= 15 is 0 Å². The standard InChI is InChI=1S/C12H18O/c1-8-5-9(2)12(7-11(4)13)10(3)6-8/h5-6,11,13H,7H2,1-4H3/t11-/m0/s1. The number of benzene rings is 1. The van der Waals surface area contributed by atoms with E-state index in [9.17, 15) is 5.11 Å². The van der Waals surface area contributed by atoms with Crippen molar-refractivity contribution in [3.05, 3.63) is 34.4 Å². The maximum atomic E-state index is 9.32. The lowest BCUT2D eigenvalue weighted by Gasteiger charge is -2.12. The first-order chi connectivity index (χ1) is 6.00. The quantitative estimate of drug-likeness (QED) is 0.738. The Morgan fingerprint density at radius 3 is 2.00 bits per heavy atom. The van der Waals surface area contributed by atoms with E-state index in [1.165, 1.54) is 22.3 Å². The van der Waals surface area contributed by atoms with Crippen molar-refractivity contribution in [3.63, 3.8) is 0 Å². The van der Waals surface area contributed by atoms with E-state index in [1.807, 2.05) is 6.92 Å². The molecule has 0 fully saturated rings. The van der Waals surface area contributed by atoms with Gasteiger partial charge in [-0.2, -0.15) is 0 Å². The molecule has 13 heavy (non-hydrogen) atoms. The fourth-order valence-corrected chi connectivity index (χ4v) is 1.83. The molecule has 0 aliphatic rings. The van der Waals surface area contributed by atoms with E-state index in [2.05, 4.69) is 32.9 Å². The molecule has 0 aliphatic heterocycles. The van der Waals surface area contributed by atoms with Crippen LogP contribution >= 0.6 is 0 Å². The van der Waals surface area contributed by atoms with Crippen LogP contribution in [0.3, 0.4) is 0 Å². The monoisotopic (exact) mass is 178 g/mol. The van der Waals surface area contributed by atoms with E-state index in [0.717, 1.165) is 6.42 Å². The van der Waals surface area contributed by atoms with Gasteiger partial charge in [-0.1, -0.05) is 17.7 Å². The first-order valence-corrected chi connectivity index (χ1v) is 4.75. The number of aryl methyl sites for hydroxylation is 3. The average molecular weight is 178 g/mol.